The SMILES string of the molecule is C[C@@H]1OC(OC2CC(CCC(=O)O)Cc3ccccc32)C[C@H](NC(=O)c2ccc([N+](=O)[O-])cc2)[C@@H]1O. The number of non-ortho nitro benzene ring substituents is 1. The highest BCUT2D eigenvalue weighted by Gasteiger charge is 2.39. The van der Waals surface area contributed by atoms with Crippen LogP contribution < -0.4 is 5.32 Å². The molecule has 1 saturated heterocycles. The molecule has 36 heavy (non-hydrogen) atoms. The van der Waals surface area contributed by atoms with Crippen LogP contribution >= 0.6 is 0 Å². The molecule has 0 aromatic heterocycles. The molecule has 10 nitrogen and oxygen atoms in total. The molecular weight excluding hydrogens is 468 g/mol. The number of aliphatic carboxylic acids is 1. The van der Waals surface area contributed by atoms with E-state index in [0.717, 1.165) is 17.5 Å². The molecule has 0 radical (unpaired) electrons. The number of benzene rings is 2. The molecule has 0 spiro atoms. The molecule has 4 rings (SSSR count). The van der Waals surface area contributed by atoms with Gasteiger partial charge >= 0.3 is 5.97 Å². The molecule has 1 heterocycles. The maximum atomic E-state index is 12.8. The third-order valence-electron chi connectivity index (χ3n) is 6.90. The van der Waals surface area contributed by atoms with E-state index >= 15 is 0 Å². The van der Waals surface area contributed by atoms with E-state index in [1.807, 2.05) is 24.3 Å². The molecule has 2 aromatic carbocycles. The Labute approximate surface area is 208 Å². The number of fused-ring (bicyclic) bond motifs is 1. The van der Waals surface area contributed by atoms with E-state index < -0.39 is 41.3 Å². The van der Waals surface area contributed by atoms with Crippen molar-refractivity contribution < 1.29 is 34.2 Å². The van der Waals surface area contributed by atoms with Crippen molar-refractivity contribution in [2.75, 3.05) is 0 Å². The number of hydrogen-bond donors (Lipinski definition) is 3. The quantitative estimate of drug-likeness (QED) is 0.371. The zero-order chi connectivity index (χ0) is 25.8. The van der Waals surface area contributed by atoms with Gasteiger partial charge < -0.3 is 25.0 Å². The number of carboxylic acid groups (broad SMARTS) is 1. The second-order valence-electron chi connectivity index (χ2n) is 9.44. The van der Waals surface area contributed by atoms with Crippen molar-refractivity contribution in [3.63, 3.8) is 0 Å². The summed E-state index contributed by atoms with van der Waals surface area (Å²) < 4.78 is 12.3. The van der Waals surface area contributed by atoms with Gasteiger partial charge in [-0.2, -0.15) is 0 Å². The van der Waals surface area contributed by atoms with Crippen molar-refractivity contribution in [3.8, 4) is 0 Å². The summed E-state index contributed by atoms with van der Waals surface area (Å²) in [6.45, 7) is 1.70. The number of amides is 1. The minimum Gasteiger partial charge on any atom is -0.481 e. The number of carboxylic acids is 1. The molecule has 6 atom stereocenters. The standard InChI is InChI=1S/C26H30N2O8/c1-15-25(31)21(27-26(32)17-7-9-19(10-8-17)28(33)34)14-24(35-15)36-22-13-16(6-11-23(29)30)12-18-4-2-3-5-20(18)22/h2-5,7-10,15-16,21-22,24-25,31H,6,11-14H2,1H3,(H,27,32)(H,29,30)/t15-,16?,21-,22?,24?,25+/m0/s1. The fourth-order valence-corrected chi connectivity index (χ4v) is 4.99. The monoisotopic (exact) mass is 498 g/mol. The third kappa shape index (κ3) is 6.07. The Morgan fingerprint density at radius 1 is 1.17 bits per heavy atom. The lowest BCUT2D eigenvalue weighted by molar-refractivity contribution is -0.384. The van der Waals surface area contributed by atoms with Gasteiger partial charge in [0.2, 0.25) is 0 Å². The largest absolute Gasteiger partial charge is 0.481 e. The molecule has 1 aliphatic heterocycles. The number of rotatable bonds is 8. The first-order valence-corrected chi connectivity index (χ1v) is 12.0. The van der Waals surface area contributed by atoms with E-state index in [0.29, 0.717) is 12.8 Å². The summed E-state index contributed by atoms with van der Waals surface area (Å²) in [7, 11) is 0. The fourth-order valence-electron chi connectivity index (χ4n) is 4.99. The molecule has 1 fully saturated rings. The van der Waals surface area contributed by atoms with E-state index in [9.17, 15) is 24.8 Å². The van der Waals surface area contributed by atoms with Gasteiger partial charge in [-0.05, 0) is 55.4 Å². The Bertz CT molecular complexity index is 1110. The number of aliphatic hydroxyl groups is 1. The van der Waals surface area contributed by atoms with Crippen molar-refractivity contribution in [3.05, 3.63) is 75.3 Å². The number of carbonyl (C=O) groups excluding carboxylic acids is 1. The van der Waals surface area contributed by atoms with Crippen LogP contribution in [0.15, 0.2) is 48.5 Å². The van der Waals surface area contributed by atoms with Gasteiger partial charge in [-0.25, -0.2) is 0 Å². The number of nitrogens with one attached hydrogen (secondary N) is 1. The number of carbonyl (C=O) groups is 2. The van der Waals surface area contributed by atoms with Gasteiger partial charge in [-0.1, -0.05) is 24.3 Å². The van der Waals surface area contributed by atoms with Crippen LogP contribution in [0.4, 0.5) is 5.69 Å². The Kier molecular flexibility index (Phi) is 7.97. The van der Waals surface area contributed by atoms with Crippen LogP contribution in [-0.4, -0.2) is 51.6 Å². The summed E-state index contributed by atoms with van der Waals surface area (Å²) in [6.07, 6.45) is -0.255. The lowest BCUT2D eigenvalue weighted by Gasteiger charge is -2.41. The number of hydrogen-bond acceptors (Lipinski definition) is 7. The predicted molar refractivity (Wildman–Crippen MR) is 128 cm³/mol. The Hall–Kier alpha value is -3.34. The normalized spacial score (nSPS) is 27.6. The number of ether oxygens (including phenoxy) is 2. The predicted octanol–water partition coefficient (Wildman–Crippen LogP) is 3.37. The lowest BCUT2D eigenvalue weighted by atomic mass is 9.80. The number of nitro groups is 1. The average Bonchev–Trinajstić information content (AvgIpc) is 2.85. The maximum Gasteiger partial charge on any atom is 0.303 e. The molecule has 1 amide bonds. The zero-order valence-electron chi connectivity index (χ0n) is 19.9. The second kappa shape index (κ2) is 11.2. The van der Waals surface area contributed by atoms with Gasteiger partial charge in [-0.15, -0.1) is 0 Å². The van der Waals surface area contributed by atoms with Crippen LogP contribution in [0.5, 0.6) is 0 Å². The summed E-state index contributed by atoms with van der Waals surface area (Å²) in [4.78, 5) is 34.2. The van der Waals surface area contributed by atoms with Gasteiger partial charge in [0, 0.05) is 30.5 Å². The summed E-state index contributed by atoms with van der Waals surface area (Å²) in [5.41, 5.74) is 2.29. The Balaban J connectivity index is 1.44. The molecule has 2 aliphatic rings. The van der Waals surface area contributed by atoms with Crippen molar-refractivity contribution in [1.29, 1.82) is 0 Å². The third-order valence-corrected chi connectivity index (χ3v) is 6.90. The Morgan fingerprint density at radius 3 is 2.58 bits per heavy atom. The fraction of sp³-hybridized carbons (Fsp3) is 0.462. The number of nitro benzene ring substituents is 1. The summed E-state index contributed by atoms with van der Waals surface area (Å²) >= 11 is 0. The molecule has 10 heteroatoms. The maximum absolute atomic E-state index is 12.8. The first-order valence-electron chi connectivity index (χ1n) is 12.0. The van der Waals surface area contributed by atoms with Gasteiger partial charge in [0.15, 0.2) is 6.29 Å². The van der Waals surface area contributed by atoms with Crippen LogP contribution in [0.3, 0.4) is 0 Å². The van der Waals surface area contributed by atoms with Crippen LogP contribution in [0.2, 0.25) is 0 Å². The molecule has 1 aliphatic carbocycles. The number of nitrogens with zero attached hydrogens (tertiary/aromatic N) is 1. The van der Waals surface area contributed by atoms with Gasteiger partial charge in [0.05, 0.1) is 23.2 Å². The van der Waals surface area contributed by atoms with Gasteiger partial charge in [0.25, 0.3) is 11.6 Å². The molecule has 0 bridgehead atoms. The van der Waals surface area contributed by atoms with E-state index in [4.69, 9.17) is 14.6 Å². The van der Waals surface area contributed by atoms with Crippen molar-refractivity contribution >= 4 is 17.6 Å². The molecule has 3 N–H and O–H groups in total. The summed E-state index contributed by atoms with van der Waals surface area (Å²) in [5, 5.41) is 33.4. The molecule has 192 valence electrons. The van der Waals surface area contributed by atoms with E-state index in [1.165, 1.54) is 24.3 Å². The van der Waals surface area contributed by atoms with E-state index in [2.05, 4.69) is 5.32 Å². The first kappa shape index (κ1) is 25.7. The van der Waals surface area contributed by atoms with Crippen molar-refractivity contribution in [2.45, 2.75) is 69.7 Å². The van der Waals surface area contributed by atoms with E-state index in [1.54, 1.807) is 6.92 Å². The molecular formula is C26H30N2O8. The van der Waals surface area contributed by atoms with Crippen LogP contribution in [0.25, 0.3) is 0 Å². The second-order valence-corrected chi connectivity index (χ2v) is 9.44. The average molecular weight is 499 g/mol. The summed E-state index contributed by atoms with van der Waals surface area (Å²) in [5.74, 6) is -1.12. The minimum atomic E-state index is -0.964. The van der Waals surface area contributed by atoms with Crippen molar-refractivity contribution in [1.82, 2.24) is 5.32 Å². The highest BCUT2D eigenvalue weighted by molar-refractivity contribution is 5.94. The molecule has 2 aromatic rings. The van der Waals surface area contributed by atoms with Crippen LogP contribution in [0.1, 0.15) is 60.2 Å². The highest BCUT2D eigenvalue weighted by Crippen LogP contribution is 2.39. The number of aliphatic hydroxyl groups excluding tert-OH is 1. The van der Waals surface area contributed by atoms with Crippen LogP contribution in [-0.2, 0) is 20.7 Å². The van der Waals surface area contributed by atoms with Crippen LogP contribution in [0, 0.1) is 16.0 Å². The topological polar surface area (TPSA) is 148 Å². The summed E-state index contributed by atoms with van der Waals surface area (Å²) in [6, 6.07) is 12.5. The first-order chi connectivity index (χ1) is 17.2. The van der Waals surface area contributed by atoms with Gasteiger partial charge in [0.1, 0.15) is 6.10 Å². The molecule has 0 saturated carbocycles. The van der Waals surface area contributed by atoms with Crippen molar-refractivity contribution in [2.24, 2.45) is 5.92 Å². The Morgan fingerprint density at radius 2 is 1.89 bits per heavy atom. The lowest BCUT2D eigenvalue weighted by Crippen LogP contribution is -2.55. The highest BCUT2D eigenvalue weighted by atomic mass is 16.7. The van der Waals surface area contributed by atoms with Gasteiger partial charge in [-0.3, -0.25) is 19.7 Å². The van der Waals surface area contributed by atoms with E-state index in [-0.39, 0.29) is 36.1 Å². The minimum absolute atomic E-state index is 0.0967. The zero-order valence-corrected chi connectivity index (χ0v) is 19.9. The smallest absolute Gasteiger partial charge is 0.303 e. The molecule has 3 unspecified atom stereocenters.